The van der Waals surface area contributed by atoms with Crippen molar-refractivity contribution < 1.29 is 17.1 Å². The molecule has 1 fully saturated rings. The van der Waals surface area contributed by atoms with Crippen molar-refractivity contribution in [2.75, 3.05) is 18.8 Å². The number of carbonyl (C=O) groups is 1. The standard InChI is InChI=1S/C8H10FNO3S/c1-2-3-10-5-7(4-8(10)11)6-14(9,12)13/h1,7H,3-6H2. The van der Waals surface area contributed by atoms with E-state index in [1.807, 2.05) is 0 Å². The monoisotopic (exact) mass is 219 g/mol. The van der Waals surface area contributed by atoms with Gasteiger partial charge in [-0.15, -0.1) is 10.3 Å². The molecular formula is C8H10FNO3S. The van der Waals surface area contributed by atoms with Crippen LogP contribution in [0.1, 0.15) is 6.42 Å². The normalized spacial score (nSPS) is 22.4. The van der Waals surface area contributed by atoms with Gasteiger partial charge < -0.3 is 4.90 Å². The van der Waals surface area contributed by atoms with Gasteiger partial charge in [-0.25, -0.2) is 0 Å². The number of hydrogen-bond donors (Lipinski definition) is 0. The molecule has 78 valence electrons. The Kier molecular flexibility index (Phi) is 3.11. The Morgan fingerprint density at radius 3 is 2.79 bits per heavy atom. The van der Waals surface area contributed by atoms with Crippen LogP contribution in [0.4, 0.5) is 3.89 Å². The molecule has 0 aromatic carbocycles. The molecule has 4 nitrogen and oxygen atoms in total. The molecule has 0 saturated carbocycles. The summed E-state index contributed by atoms with van der Waals surface area (Å²) in [4.78, 5) is 12.5. The minimum atomic E-state index is -4.50. The third-order valence-electron chi connectivity index (χ3n) is 2.01. The lowest BCUT2D eigenvalue weighted by Crippen LogP contribution is -2.26. The number of halogens is 1. The van der Waals surface area contributed by atoms with Crippen molar-refractivity contribution >= 4 is 16.1 Å². The summed E-state index contributed by atoms with van der Waals surface area (Å²) >= 11 is 0. The zero-order valence-electron chi connectivity index (χ0n) is 7.44. The van der Waals surface area contributed by atoms with Crippen LogP contribution >= 0.6 is 0 Å². The second kappa shape index (κ2) is 3.96. The van der Waals surface area contributed by atoms with Gasteiger partial charge in [0.25, 0.3) is 0 Å². The number of likely N-dealkylation sites (tertiary alicyclic amines) is 1. The number of hydrogen-bond acceptors (Lipinski definition) is 3. The predicted molar refractivity (Wildman–Crippen MR) is 48.4 cm³/mol. The molecule has 0 aromatic rings. The molecule has 1 unspecified atom stereocenters. The van der Waals surface area contributed by atoms with Gasteiger partial charge in [-0.2, -0.15) is 8.42 Å². The van der Waals surface area contributed by atoms with Crippen molar-refractivity contribution in [3.05, 3.63) is 0 Å². The third kappa shape index (κ3) is 3.00. The molecule has 1 saturated heterocycles. The first-order valence-electron chi connectivity index (χ1n) is 4.06. The lowest BCUT2D eigenvalue weighted by Gasteiger charge is -2.11. The van der Waals surface area contributed by atoms with Crippen LogP contribution in [0.15, 0.2) is 0 Å². The number of terminal acetylenes is 1. The van der Waals surface area contributed by atoms with E-state index in [4.69, 9.17) is 6.42 Å². The van der Waals surface area contributed by atoms with E-state index >= 15 is 0 Å². The molecule has 1 rings (SSSR count). The van der Waals surface area contributed by atoms with E-state index in [1.165, 1.54) is 4.90 Å². The highest BCUT2D eigenvalue weighted by atomic mass is 32.3. The van der Waals surface area contributed by atoms with E-state index in [1.54, 1.807) is 0 Å². The average Bonchev–Trinajstić information content (AvgIpc) is 2.28. The molecule has 1 aliphatic heterocycles. The fourth-order valence-electron chi connectivity index (χ4n) is 1.51. The van der Waals surface area contributed by atoms with Crippen molar-refractivity contribution in [2.24, 2.45) is 5.92 Å². The summed E-state index contributed by atoms with van der Waals surface area (Å²) in [5.41, 5.74) is 0. The van der Waals surface area contributed by atoms with Crippen LogP contribution in [0.25, 0.3) is 0 Å². The summed E-state index contributed by atoms with van der Waals surface area (Å²) in [6.45, 7) is 0.383. The molecule has 1 heterocycles. The van der Waals surface area contributed by atoms with Crippen molar-refractivity contribution in [2.45, 2.75) is 6.42 Å². The van der Waals surface area contributed by atoms with E-state index < -0.39 is 21.9 Å². The first-order valence-corrected chi connectivity index (χ1v) is 5.61. The van der Waals surface area contributed by atoms with Crippen LogP contribution in [-0.4, -0.2) is 38.1 Å². The topological polar surface area (TPSA) is 54.5 Å². The Bertz CT molecular complexity index is 371. The van der Waals surface area contributed by atoms with Gasteiger partial charge >= 0.3 is 10.2 Å². The average molecular weight is 219 g/mol. The number of rotatable bonds is 3. The SMILES string of the molecule is C#CCN1CC(CS(=O)(=O)F)CC1=O. The van der Waals surface area contributed by atoms with Crippen LogP contribution in [0.3, 0.4) is 0 Å². The van der Waals surface area contributed by atoms with Crippen LogP contribution < -0.4 is 0 Å². The molecule has 14 heavy (non-hydrogen) atoms. The largest absolute Gasteiger partial charge is 0.331 e. The first kappa shape index (κ1) is 11.0. The fourth-order valence-corrected chi connectivity index (χ4v) is 2.30. The summed E-state index contributed by atoms with van der Waals surface area (Å²) in [6.07, 6.45) is 5.07. The van der Waals surface area contributed by atoms with Gasteiger partial charge in [0, 0.05) is 18.9 Å². The quantitative estimate of drug-likeness (QED) is 0.486. The fraction of sp³-hybridized carbons (Fsp3) is 0.625. The smallest absolute Gasteiger partial charge is 0.302 e. The van der Waals surface area contributed by atoms with Crippen LogP contribution in [0.2, 0.25) is 0 Å². The Morgan fingerprint density at radius 1 is 1.64 bits per heavy atom. The Hall–Kier alpha value is -1.09. The predicted octanol–water partition coefficient (Wildman–Crippen LogP) is -0.233. The van der Waals surface area contributed by atoms with Crippen LogP contribution in [0.5, 0.6) is 0 Å². The second-order valence-electron chi connectivity index (χ2n) is 3.25. The van der Waals surface area contributed by atoms with Crippen molar-refractivity contribution in [1.82, 2.24) is 4.90 Å². The van der Waals surface area contributed by atoms with Crippen LogP contribution in [-0.2, 0) is 15.0 Å². The lowest BCUT2D eigenvalue weighted by molar-refractivity contribution is -0.127. The van der Waals surface area contributed by atoms with Gasteiger partial charge in [0.2, 0.25) is 5.91 Å². The molecule has 1 aliphatic rings. The third-order valence-corrected chi connectivity index (χ3v) is 2.88. The number of carbonyl (C=O) groups excluding carboxylic acids is 1. The van der Waals surface area contributed by atoms with Crippen LogP contribution in [0, 0.1) is 18.3 Å². The Balaban J connectivity index is 2.56. The highest BCUT2D eigenvalue weighted by molar-refractivity contribution is 7.86. The maximum atomic E-state index is 12.3. The Labute approximate surface area is 82.3 Å². The van der Waals surface area contributed by atoms with Gasteiger partial charge in [0.1, 0.15) is 0 Å². The summed E-state index contributed by atoms with van der Waals surface area (Å²) in [5, 5.41) is 0. The van der Waals surface area contributed by atoms with Gasteiger partial charge in [-0.05, 0) is 0 Å². The van der Waals surface area contributed by atoms with E-state index in [0.717, 1.165) is 0 Å². The molecule has 6 heteroatoms. The molecule has 0 bridgehead atoms. The van der Waals surface area contributed by atoms with E-state index in [9.17, 15) is 17.1 Å². The second-order valence-corrected chi connectivity index (χ2v) is 4.67. The molecule has 0 radical (unpaired) electrons. The lowest BCUT2D eigenvalue weighted by atomic mass is 10.1. The zero-order chi connectivity index (χ0) is 10.8. The molecule has 1 amide bonds. The van der Waals surface area contributed by atoms with E-state index in [0.29, 0.717) is 0 Å². The Morgan fingerprint density at radius 2 is 2.29 bits per heavy atom. The highest BCUT2D eigenvalue weighted by Crippen LogP contribution is 2.19. The first-order chi connectivity index (χ1) is 6.42. The van der Waals surface area contributed by atoms with E-state index in [2.05, 4.69) is 5.92 Å². The summed E-state index contributed by atoms with van der Waals surface area (Å²) in [7, 11) is -4.50. The summed E-state index contributed by atoms with van der Waals surface area (Å²) < 4.78 is 32.9. The molecular weight excluding hydrogens is 209 g/mol. The van der Waals surface area contributed by atoms with Crippen molar-refractivity contribution in [1.29, 1.82) is 0 Å². The summed E-state index contributed by atoms with van der Waals surface area (Å²) in [6, 6.07) is 0. The summed E-state index contributed by atoms with van der Waals surface area (Å²) in [5.74, 6) is 1.01. The molecule has 0 aromatic heterocycles. The minimum Gasteiger partial charge on any atom is -0.331 e. The van der Waals surface area contributed by atoms with Crippen molar-refractivity contribution in [3.63, 3.8) is 0 Å². The zero-order valence-corrected chi connectivity index (χ0v) is 8.26. The molecule has 0 spiro atoms. The molecule has 1 atom stereocenters. The van der Waals surface area contributed by atoms with Gasteiger partial charge in [-0.3, -0.25) is 4.79 Å². The van der Waals surface area contributed by atoms with E-state index in [-0.39, 0.29) is 25.4 Å². The highest BCUT2D eigenvalue weighted by Gasteiger charge is 2.32. The molecule has 0 aliphatic carbocycles. The van der Waals surface area contributed by atoms with Gasteiger partial charge in [0.05, 0.1) is 12.3 Å². The number of nitrogens with zero attached hydrogens (tertiary/aromatic N) is 1. The molecule has 0 N–H and O–H groups in total. The number of amides is 1. The van der Waals surface area contributed by atoms with Gasteiger partial charge in [-0.1, -0.05) is 5.92 Å². The van der Waals surface area contributed by atoms with Crippen molar-refractivity contribution in [3.8, 4) is 12.3 Å². The maximum Gasteiger partial charge on any atom is 0.302 e. The maximum absolute atomic E-state index is 12.3. The minimum absolute atomic E-state index is 0.0603. The van der Waals surface area contributed by atoms with Gasteiger partial charge in [0.15, 0.2) is 0 Å².